The van der Waals surface area contributed by atoms with Crippen molar-refractivity contribution >= 4 is 5.82 Å². The van der Waals surface area contributed by atoms with Crippen LogP contribution in [0.15, 0.2) is 6.20 Å². The van der Waals surface area contributed by atoms with Gasteiger partial charge in [0.25, 0.3) is 0 Å². The fourth-order valence-electron chi connectivity index (χ4n) is 2.02. The molecule has 0 radical (unpaired) electrons. The average Bonchev–Trinajstić information content (AvgIpc) is 2.40. The van der Waals surface area contributed by atoms with Crippen molar-refractivity contribution in [2.45, 2.75) is 20.4 Å². The van der Waals surface area contributed by atoms with E-state index in [-0.39, 0.29) is 0 Å². The monoisotopic (exact) mass is 208 g/mol. The number of hydrogen-bond acceptors (Lipinski definition) is 3. The second-order valence-electron chi connectivity index (χ2n) is 4.88. The topological polar surface area (TPSA) is 47.1 Å². The molecule has 1 fully saturated rings. The Labute approximate surface area is 91.1 Å². The number of anilines is 1. The van der Waals surface area contributed by atoms with Gasteiger partial charge in [-0.2, -0.15) is 5.10 Å². The van der Waals surface area contributed by atoms with Crippen molar-refractivity contribution in [1.29, 1.82) is 0 Å². The molecule has 2 N–H and O–H groups in total. The molecule has 84 valence electrons. The highest BCUT2D eigenvalue weighted by Gasteiger charge is 2.29. The Morgan fingerprint density at radius 2 is 2.20 bits per heavy atom. The first kappa shape index (κ1) is 10.5. The first-order valence-corrected chi connectivity index (χ1v) is 5.56. The van der Waals surface area contributed by atoms with Gasteiger partial charge in [0, 0.05) is 32.2 Å². The summed E-state index contributed by atoms with van der Waals surface area (Å²) in [5.74, 6) is 2.46. The Morgan fingerprint density at radius 1 is 1.53 bits per heavy atom. The molecule has 0 amide bonds. The molecule has 2 heterocycles. The van der Waals surface area contributed by atoms with E-state index in [0.717, 1.165) is 29.8 Å². The lowest BCUT2D eigenvalue weighted by molar-refractivity contribution is 0.0616. The van der Waals surface area contributed by atoms with Crippen LogP contribution in [0.3, 0.4) is 0 Å². The summed E-state index contributed by atoms with van der Waals surface area (Å²) in [6.07, 6.45) is 1.87. The highest BCUT2D eigenvalue weighted by molar-refractivity contribution is 5.38. The average molecular weight is 208 g/mol. The first-order chi connectivity index (χ1) is 7.08. The van der Waals surface area contributed by atoms with E-state index in [9.17, 15) is 0 Å². The van der Waals surface area contributed by atoms with Crippen LogP contribution in [0.2, 0.25) is 0 Å². The number of nitrogens with zero attached hydrogens (tertiary/aromatic N) is 3. The third-order valence-corrected chi connectivity index (χ3v) is 3.39. The zero-order chi connectivity index (χ0) is 11.0. The summed E-state index contributed by atoms with van der Waals surface area (Å²) in [6.45, 7) is 7.93. The van der Waals surface area contributed by atoms with Crippen molar-refractivity contribution in [3.8, 4) is 0 Å². The molecule has 0 unspecified atom stereocenters. The normalized spacial score (nSPS) is 18.4. The van der Waals surface area contributed by atoms with E-state index < -0.39 is 0 Å². The fourth-order valence-corrected chi connectivity index (χ4v) is 2.02. The van der Waals surface area contributed by atoms with Crippen LogP contribution in [0.1, 0.15) is 19.4 Å². The van der Waals surface area contributed by atoms with Gasteiger partial charge in [-0.3, -0.25) is 9.58 Å². The molecular weight excluding hydrogens is 188 g/mol. The van der Waals surface area contributed by atoms with Gasteiger partial charge in [-0.05, 0) is 11.8 Å². The van der Waals surface area contributed by atoms with Crippen LogP contribution in [0.5, 0.6) is 0 Å². The largest absolute Gasteiger partial charge is 0.384 e. The number of rotatable bonds is 3. The van der Waals surface area contributed by atoms with Crippen LogP contribution >= 0.6 is 0 Å². The Balaban J connectivity index is 1.87. The van der Waals surface area contributed by atoms with Gasteiger partial charge in [-0.25, -0.2) is 0 Å². The molecule has 0 spiro atoms. The number of nitrogen functional groups attached to an aromatic ring is 1. The first-order valence-electron chi connectivity index (χ1n) is 5.56. The summed E-state index contributed by atoms with van der Waals surface area (Å²) in [5, 5.41) is 4.15. The van der Waals surface area contributed by atoms with Crippen LogP contribution < -0.4 is 5.73 Å². The van der Waals surface area contributed by atoms with Gasteiger partial charge in [0.1, 0.15) is 5.82 Å². The molecule has 0 aromatic carbocycles. The molecule has 0 aliphatic carbocycles. The van der Waals surface area contributed by atoms with E-state index in [1.54, 1.807) is 4.68 Å². The summed E-state index contributed by atoms with van der Waals surface area (Å²) < 4.78 is 1.73. The van der Waals surface area contributed by atoms with E-state index in [1.807, 2.05) is 13.2 Å². The zero-order valence-corrected chi connectivity index (χ0v) is 9.77. The van der Waals surface area contributed by atoms with Crippen molar-refractivity contribution in [2.75, 3.05) is 18.8 Å². The molecular formula is C11H20N4. The highest BCUT2D eigenvalue weighted by Crippen LogP contribution is 2.25. The molecule has 1 saturated heterocycles. The lowest BCUT2D eigenvalue weighted by atomic mass is 9.88. The molecule has 1 aliphatic heterocycles. The molecule has 4 heteroatoms. The molecule has 2 rings (SSSR count). The molecule has 4 nitrogen and oxygen atoms in total. The van der Waals surface area contributed by atoms with Crippen LogP contribution in [-0.2, 0) is 13.6 Å². The molecule has 1 aromatic rings. The van der Waals surface area contributed by atoms with Crippen LogP contribution in [0.4, 0.5) is 5.82 Å². The molecule has 0 saturated carbocycles. The number of likely N-dealkylation sites (tertiary alicyclic amines) is 1. The lowest BCUT2D eigenvalue weighted by Gasteiger charge is -2.41. The van der Waals surface area contributed by atoms with Crippen LogP contribution in [0.25, 0.3) is 0 Å². The molecule has 1 aliphatic rings. The summed E-state index contributed by atoms with van der Waals surface area (Å²) in [4.78, 5) is 2.43. The van der Waals surface area contributed by atoms with Crippen LogP contribution in [0, 0.1) is 11.8 Å². The predicted molar refractivity (Wildman–Crippen MR) is 61.2 cm³/mol. The van der Waals surface area contributed by atoms with E-state index in [0.29, 0.717) is 0 Å². The maximum atomic E-state index is 5.90. The number of nitrogens with two attached hydrogens (primary N) is 1. The van der Waals surface area contributed by atoms with E-state index in [4.69, 9.17) is 5.73 Å². The second kappa shape index (κ2) is 3.85. The third kappa shape index (κ3) is 2.00. The minimum atomic E-state index is 0.794. The van der Waals surface area contributed by atoms with Crippen molar-refractivity contribution in [2.24, 2.45) is 18.9 Å². The molecule has 0 bridgehead atoms. The highest BCUT2D eigenvalue weighted by atomic mass is 15.3. The smallest absolute Gasteiger partial charge is 0.125 e. The van der Waals surface area contributed by atoms with E-state index in [1.165, 1.54) is 13.1 Å². The van der Waals surface area contributed by atoms with Crippen LogP contribution in [-0.4, -0.2) is 27.8 Å². The molecule has 0 atom stereocenters. The quantitative estimate of drug-likeness (QED) is 0.809. The Kier molecular flexibility index (Phi) is 2.69. The molecule has 15 heavy (non-hydrogen) atoms. The standard InChI is InChI=1S/C11H20N4/c1-8(2)10-6-15(7-10)5-9-4-13-14(3)11(9)12/h4,8,10H,5-7,12H2,1-3H3. The Morgan fingerprint density at radius 3 is 2.67 bits per heavy atom. The summed E-state index contributed by atoms with van der Waals surface area (Å²) in [6, 6.07) is 0. The SMILES string of the molecule is CC(C)C1CN(Cc2cnn(C)c2N)C1. The molecule has 1 aromatic heterocycles. The predicted octanol–water partition coefficient (Wildman–Crippen LogP) is 1.09. The van der Waals surface area contributed by atoms with Crippen molar-refractivity contribution in [3.63, 3.8) is 0 Å². The summed E-state index contributed by atoms with van der Waals surface area (Å²) >= 11 is 0. The fraction of sp³-hybridized carbons (Fsp3) is 0.727. The number of hydrogen-bond donors (Lipinski definition) is 1. The minimum Gasteiger partial charge on any atom is -0.384 e. The minimum absolute atomic E-state index is 0.794. The summed E-state index contributed by atoms with van der Waals surface area (Å²) in [5.41, 5.74) is 7.05. The number of aryl methyl sites for hydroxylation is 1. The van der Waals surface area contributed by atoms with Gasteiger partial charge in [0.15, 0.2) is 0 Å². The Hall–Kier alpha value is -1.03. The van der Waals surface area contributed by atoms with Crippen molar-refractivity contribution in [3.05, 3.63) is 11.8 Å². The van der Waals surface area contributed by atoms with E-state index >= 15 is 0 Å². The van der Waals surface area contributed by atoms with Gasteiger partial charge in [0.2, 0.25) is 0 Å². The van der Waals surface area contributed by atoms with Gasteiger partial charge in [-0.1, -0.05) is 13.8 Å². The second-order valence-corrected chi connectivity index (χ2v) is 4.88. The Bertz CT molecular complexity index is 336. The number of aromatic nitrogens is 2. The third-order valence-electron chi connectivity index (χ3n) is 3.39. The van der Waals surface area contributed by atoms with Gasteiger partial charge in [-0.15, -0.1) is 0 Å². The maximum Gasteiger partial charge on any atom is 0.125 e. The van der Waals surface area contributed by atoms with Gasteiger partial charge < -0.3 is 5.73 Å². The van der Waals surface area contributed by atoms with Crippen molar-refractivity contribution in [1.82, 2.24) is 14.7 Å². The zero-order valence-electron chi connectivity index (χ0n) is 9.77. The van der Waals surface area contributed by atoms with Gasteiger partial charge in [0.05, 0.1) is 6.20 Å². The summed E-state index contributed by atoms with van der Waals surface area (Å²) in [7, 11) is 1.88. The van der Waals surface area contributed by atoms with Gasteiger partial charge >= 0.3 is 0 Å². The van der Waals surface area contributed by atoms with E-state index in [2.05, 4.69) is 23.8 Å². The lowest BCUT2D eigenvalue weighted by Crippen LogP contribution is -2.48. The maximum absolute atomic E-state index is 5.90. The van der Waals surface area contributed by atoms with Crippen molar-refractivity contribution < 1.29 is 0 Å².